The minimum atomic E-state index is -1.24. The van der Waals surface area contributed by atoms with E-state index < -0.39 is 8.07 Å². The summed E-state index contributed by atoms with van der Waals surface area (Å²) in [7, 11) is -1.24. The van der Waals surface area contributed by atoms with Crippen molar-refractivity contribution in [2.75, 3.05) is 5.88 Å². The second kappa shape index (κ2) is 6.57. The molecule has 0 aliphatic rings. The van der Waals surface area contributed by atoms with E-state index >= 15 is 0 Å². The maximum atomic E-state index is 5.88. The van der Waals surface area contributed by atoms with E-state index in [1.54, 1.807) is 3.20 Å². The highest BCUT2D eigenvalue weighted by Gasteiger charge is 2.26. The summed E-state index contributed by atoms with van der Waals surface area (Å²) in [4.78, 5) is 0. The quantitative estimate of drug-likeness (QED) is 0.196. The van der Waals surface area contributed by atoms with Crippen LogP contribution in [0.5, 0.6) is 0 Å². The Balaban J connectivity index is 5.62. The van der Waals surface area contributed by atoms with Crippen LogP contribution in [0, 0.1) is 5.41 Å². The van der Waals surface area contributed by atoms with Crippen molar-refractivity contribution in [1.82, 2.24) is 0 Å². The van der Waals surface area contributed by atoms with Crippen LogP contribution in [0.4, 0.5) is 0 Å². The van der Waals surface area contributed by atoms with Crippen molar-refractivity contribution in [3.8, 4) is 0 Å². The normalized spacial score (nSPS) is 16.2. The highest BCUT2D eigenvalue weighted by atomic mass is 127. The number of halogens is 3. The summed E-state index contributed by atoms with van der Waals surface area (Å²) in [6, 6.07) is 0. The first-order chi connectivity index (χ1) is 7.00. The van der Waals surface area contributed by atoms with Crippen LogP contribution >= 0.6 is 56.8 Å². The molecule has 0 atom stereocenters. The third kappa shape index (κ3) is 5.86. The minimum absolute atomic E-state index is 0.194. The molecule has 0 bridgehead atoms. The summed E-state index contributed by atoms with van der Waals surface area (Å²) in [5, 5.41) is 0. The van der Waals surface area contributed by atoms with Crippen molar-refractivity contribution in [2.24, 2.45) is 5.41 Å². The molecule has 16 heavy (non-hydrogen) atoms. The number of hydrogen-bond donors (Lipinski definition) is 0. The molecule has 0 aromatic heterocycles. The van der Waals surface area contributed by atoms with Crippen LogP contribution in [-0.4, -0.2) is 14.0 Å². The Hall–Kier alpha value is 1.45. The summed E-state index contributed by atoms with van der Waals surface area (Å²) in [6.45, 7) is 14.0. The first-order valence-electron chi connectivity index (χ1n) is 5.33. The maximum Gasteiger partial charge on any atom is 0.0858 e. The third-order valence-corrected chi connectivity index (χ3v) is 10.6. The Morgan fingerprint density at radius 3 is 1.88 bits per heavy atom. The van der Waals surface area contributed by atoms with Crippen molar-refractivity contribution in [3.05, 3.63) is 18.4 Å². The van der Waals surface area contributed by atoms with Gasteiger partial charge in [-0.15, -0.1) is 11.6 Å². The molecule has 0 aliphatic carbocycles. The van der Waals surface area contributed by atoms with Crippen LogP contribution in [0.1, 0.15) is 20.8 Å². The predicted octanol–water partition coefficient (Wildman–Crippen LogP) is 6.16. The van der Waals surface area contributed by atoms with Gasteiger partial charge in [0.15, 0.2) is 0 Å². The molecule has 0 radical (unpaired) electrons. The SMILES string of the molecule is CC(C)(C)C(/C=C(\I)CCl)=C(/I)[Si](C)(C)C. The van der Waals surface area contributed by atoms with Crippen LogP contribution in [-0.2, 0) is 0 Å². The Labute approximate surface area is 134 Å². The Bertz CT molecular complexity index is 306. The summed E-state index contributed by atoms with van der Waals surface area (Å²) >= 11 is 10.7. The summed E-state index contributed by atoms with van der Waals surface area (Å²) < 4.78 is 2.77. The molecule has 0 unspecified atom stereocenters. The van der Waals surface area contributed by atoms with Gasteiger partial charge >= 0.3 is 0 Å². The van der Waals surface area contributed by atoms with Gasteiger partial charge in [-0.25, -0.2) is 0 Å². The topological polar surface area (TPSA) is 0 Å². The van der Waals surface area contributed by atoms with Gasteiger partial charge in [-0.3, -0.25) is 0 Å². The van der Waals surface area contributed by atoms with Crippen molar-refractivity contribution in [2.45, 2.75) is 40.4 Å². The zero-order valence-corrected chi connectivity index (χ0v) is 17.0. The molecule has 0 saturated carbocycles. The van der Waals surface area contributed by atoms with Gasteiger partial charge in [0, 0.05) is 3.58 Å². The molecule has 0 aromatic rings. The lowest BCUT2D eigenvalue weighted by atomic mass is 9.87. The fourth-order valence-electron chi connectivity index (χ4n) is 1.21. The van der Waals surface area contributed by atoms with Crippen LogP contribution < -0.4 is 0 Å². The van der Waals surface area contributed by atoms with Gasteiger partial charge in [-0.1, -0.05) is 63.0 Å². The number of hydrogen-bond acceptors (Lipinski definition) is 0. The average Bonchev–Trinajstić information content (AvgIpc) is 2.09. The van der Waals surface area contributed by atoms with Crippen LogP contribution in [0.2, 0.25) is 19.6 Å². The third-order valence-electron chi connectivity index (χ3n) is 2.13. The fourth-order valence-corrected chi connectivity index (χ4v) is 3.82. The minimum Gasteiger partial charge on any atom is -0.121 e. The molecule has 0 heterocycles. The van der Waals surface area contributed by atoms with E-state index in [2.05, 4.69) is 91.7 Å². The monoisotopic (exact) mass is 482 g/mol. The lowest BCUT2D eigenvalue weighted by Gasteiger charge is -2.28. The summed E-state index contributed by atoms with van der Waals surface area (Å²) in [5.41, 5.74) is 1.65. The predicted molar refractivity (Wildman–Crippen MR) is 96.7 cm³/mol. The molecule has 0 aliphatic heterocycles. The highest BCUT2D eigenvalue weighted by Crippen LogP contribution is 2.37. The zero-order valence-electron chi connectivity index (χ0n) is 10.9. The molecule has 4 heteroatoms. The van der Waals surface area contributed by atoms with Gasteiger partial charge in [0.2, 0.25) is 0 Å². The Morgan fingerprint density at radius 1 is 1.19 bits per heavy atom. The number of alkyl halides is 1. The van der Waals surface area contributed by atoms with Crippen LogP contribution in [0.3, 0.4) is 0 Å². The zero-order chi connectivity index (χ0) is 13.1. The summed E-state index contributed by atoms with van der Waals surface area (Å²) in [6.07, 6.45) is 2.27. The Kier molecular flexibility index (Phi) is 7.16. The van der Waals surface area contributed by atoms with E-state index in [0.717, 1.165) is 0 Å². The molecule has 0 fully saturated rings. The molecule has 0 aromatic carbocycles. The van der Waals surface area contributed by atoms with Crippen LogP contribution in [0.25, 0.3) is 0 Å². The van der Waals surface area contributed by atoms with Gasteiger partial charge in [-0.2, -0.15) is 0 Å². The average molecular weight is 483 g/mol. The molecule has 0 amide bonds. The van der Waals surface area contributed by atoms with Crippen molar-refractivity contribution >= 4 is 64.9 Å². The van der Waals surface area contributed by atoms with Gasteiger partial charge in [0.25, 0.3) is 0 Å². The standard InChI is InChI=1S/C12H21ClI2Si/c1-12(2,3)10(7-9(14)8-13)11(15)16(4,5)6/h7H,8H2,1-6H3/b9-7-,11-10-. The molecule has 0 nitrogen and oxygen atoms in total. The highest BCUT2D eigenvalue weighted by molar-refractivity contribution is 14.1. The molecule has 94 valence electrons. The number of rotatable bonds is 3. The molecule has 0 N–H and O–H groups in total. The number of allylic oxidation sites excluding steroid dienone is 3. The van der Waals surface area contributed by atoms with Crippen LogP contribution in [0.15, 0.2) is 18.4 Å². The van der Waals surface area contributed by atoms with Crippen molar-refractivity contribution in [3.63, 3.8) is 0 Å². The lowest BCUT2D eigenvalue weighted by Crippen LogP contribution is -2.25. The molecular formula is C12H21ClI2Si. The second-order valence-electron chi connectivity index (χ2n) is 5.95. The van der Waals surface area contributed by atoms with Crippen molar-refractivity contribution in [1.29, 1.82) is 0 Å². The summed E-state index contributed by atoms with van der Waals surface area (Å²) in [5.74, 6) is 0.607. The largest absolute Gasteiger partial charge is 0.121 e. The van der Waals surface area contributed by atoms with E-state index in [1.165, 1.54) is 9.15 Å². The van der Waals surface area contributed by atoms with E-state index in [1.807, 2.05) is 0 Å². The van der Waals surface area contributed by atoms with Gasteiger partial charge in [0.05, 0.1) is 14.0 Å². The second-order valence-corrected chi connectivity index (χ2v) is 14.7. The first-order valence-corrected chi connectivity index (χ1v) is 11.5. The molecule has 0 saturated heterocycles. The van der Waals surface area contributed by atoms with E-state index in [9.17, 15) is 0 Å². The fraction of sp³-hybridized carbons (Fsp3) is 0.667. The maximum absolute atomic E-state index is 5.88. The molecule has 0 rings (SSSR count). The first kappa shape index (κ1) is 17.4. The molecular weight excluding hydrogens is 461 g/mol. The van der Waals surface area contributed by atoms with Crippen molar-refractivity contribution < 1.29 is 0 Å². The van der Waals surface area contributed by atoms with E-state index in [4.69, 9.17) is 11.6 Å². The molecule has 0 spiro atoms. The van der Waals surface area contributed by atoms with E-state index in [-0.39, 0.29) is 5.41 Å². The van der Waals surface area contributed by atoms with Gasteiger partial charge < -0.3 is 0 Å². The smallest absolute Gasteiger partial charge is 0.0858 e. The van der Waals surface area contributed by atoms with E-state index in [0.29, 0.717) is 5.88 Å². The lowest BCUT2D eigenvalue weighted by molar-refractivity contribution is 0.517. The van der Waals surface area contributed by atoms with Gasteiger partial charge in [-0.05, 0) is 42.9 Å². The Morgan fingerprint density at radius 2 is 1.62 bits per heavy atom. The van der Waals surface area contributed by atoms with Gasteiger partial charge in [0.1, 0.15) is 0 Å².